The summed E-state index contributed by atoms with van der Waals surface area (Å²) in [7, 11) is 0. The average molecular weight is 354 g/mol. The largest absolute Gasteiger partial charge is 0.352 e. The first-order valence-corrected chi connectivity index (χ1v) is 8.89. The monoisotopic (exact) mass is 354 g/mol. The number of likely N-dealkylation sites (tertiary alicyclic amines) is 1. The number of amides is 2. The molecular weight excluding hydrogens is 331 g/mol. The van der Waals surface area contributed by atoms with Crippen LogP contribution < -0.4 is 5.32 Å². The van der Waals surface area contributed by atoms with Gasteiger partial charge in [0.05, 0.1) is 12.0 Å². The first kappa shape index (κ1) is 18.1. The lowest BCUT2D eigenvalue weighted by Gasteiger charge is -2.39. The van der Waals surface area contributed by atoms with Crippen molar-refractivity contribution in [3.8, 4) is 0 Å². The minimum Gasteiger partial charge on any atom is -0.352 e. The smallest absolute Gasteiger partial charge is 0.225 e. The fourth-order valence-electron chi connectivity index (χ4n) is 3.49. The number of hydrogen-bond acceptors (Lipinski definition) is 2. The zero-order valence-electron chi connectivity index (χ0n) is 14.8. The van der Waals surface area contributed by atoms with Crippen molar-refractivity contribution >= 4 is 11.8 Å². The first-order chi connectivity index (χ1) is 12.5. The highest BCUT2D eigenvalue weighted by Crippen LogP contribution is 2.33. The second kappa shape index (κ2) is 8.13. The van der Waals surface area contributed by atoms with Crippen molar-refractivity contribution in [1.29, 1.82) is 0 Å². The summed E-state index contributed by atoms with van der Waals surface area (Å²) in [6.07, 6.45) is 1.39. The number of nitrogens with one attached hydrogen (secondary N) is 1. The lowest BCUT2D eigenvalue weighted by atomic mass is 9.88. The maximum Gasteiger partial charge on any atom is 0.225 e. The highest BCUT2D eigenvalue weighted by atomic mass is 19.1. The number of benzene rings is 2. The quantitative estimate of drug-likeness (QED) is 0.914. The molecule has 0 aromatic heterocycles. The predicted molar refractivity (Wildman–Crippen MR) is 97.5 cm³/mol. The van der Waals surface area contributed by atoms with Crippen LogP contribution in [0.4, 0.5) is 4.39 Å². The van der Waals surface area contributed by atoms with Gasteiger partial charge in [-0.3, -0.25) is 9.59 Å². The summed E-state index contributed by atoms with van der Waals surface area (Å²) in [4.78, 5) is 26.4. The Morgan fingerprint density at radius 1 is 1.08 bits per heavy atom. The molecule has 136 valence electrons. The number of carbonyl (C=O) groups excluding carboxylic acids is 2. The van der Waals surface area contributed by atoms with E-state index in [0.717, 1.165) is 11.1 Å². The van der Waals surface area contributed by atoms with Crippen LogP contribution in [0.25, 0.3) is 0 Å². The van der Waals surface area contributed by atoms with E-state index in [4.69, 9.17) is 0 Å². The molecule has 1 N–H and O–H groups in total. The minimum absolute atomic E-state index is 0.0299. The van der Waals surface area contributed by atoms with Crippen molar-refractivity contribution in [3.05, 3.63) is 71.5 Å². The van der Waals surface area contributed by atoms with E-state index in [0.29, 0.717) is 25.9 Å². The van der Waals surface area contributed by atoms with Gasteiger partial charge in [-0.05, 0) is 36.1 Å². The summed E-state index contributed by atoms with van der Waals surface area (Å²) in [5.41, 5.74) is 1.95. The molecule has 2 atom stereocenters. The Balaban J connectivity index is 1.64. The molecule has 26 heavy (non-hydrogen) atoms. The fraction of sp³-hybridized carbons (Fsp3) is 0.333. The van der Waals surface area contributed by atoms with E-state index in [-0.39, 0.29) is 29.6 Å². The summed E-state index contributed by atoms with van der Waals surface area (Å²) in [5, 5.41) is 2.96. The lowest BCUT2D eigenvalue weighted by molar-refractivity contribution is -0.137. The molecule has 1 aliphatic rings. The second-order valence-corrected chi connectivity index (χ2v) is 6.72. The van der Waals surface area contributed by atoms with E-state index in [2.05, 4.69) is 5.32 Å². The molecule has 2 amide bonds. The molecule has 2 unspecified atom stereocenters. The Hall–Kier alpha value is -2.69. The van der Waals surface area contributed by atoms with Gasteiger partial charge in [-0.15, -0.1) is 0 Å². The van der Waals surface area contributed by atoms with Crippen molar-refractivity contribution in [2.75, 3.05) is 6.54 Å². The number of rotatable bonds is 4. The molecule has 1 aliphatic heterocycles. The SMILES string of the molecule is CC(=O)N1CC(C(=O)NCc2ccccc2)CCC1c1ccc(F)cc1. The van der Waals surface area contributed by atoms with Crippen molar-refractivity contribution < 1.29 is 14.0 Å². The molecule has 2 aromatic rings. The van der Waals surface area contributed by atoms with Crippen LogP contribution in [0.5, 0.6) is 0 Å². The molecule has 1 fully saturated rings. The van der Waals surface area contributed by atoms with E-state index >= 15 is 0 Å². The molecule has 1 saturated heterocycles. The Morgan fingerprint density at radius 2 is 1.77 bits per heavy atom. The van der Waals surface area contributed by atoms with Gasteiger partial charge in [0.2, 0.25) is 11.8 Å². The Kier molecular flexibility index (Phi) is 5.66. The molecule has 3 rings (SSSR count). The van der Waals surface area contributed by atoms with Crippen LogP contribution in [0.2, 0.25) is 0 Å². The minimum atomic E-state index is -0.294. The molecular formula is C21H23FN2O2. The van der Waals surface area contributed by atoms with E-state index in [1.54, 1.807) is 17.0 Å². The van der Waals surface area contributed by atoms with Gasteiger partial charge in [0.1, 0.15) is 5.82 Å². The van der Waals surface area contributed by atoms with E-state index < -0.39 is 0 Å². The van der Waals surface area contributed by atoms with Crippen molar-refractivity contribution in [2.24, 2.45) is 5.92 Å². The van der Waals surface area contributed by atoms with Crippen LogP contribution >= 0.6 is 0 Å². The fourth-order valence-corrected chi connectivity index (χ4v) is 3.49. The zero-order chi connectivity index (χ0) is 18.5. The Morgan fingerprint density at radius 3 is 2.42 bits per heavy atom. The summed E-state index contributed by atoms with van der Waals surface area (Å²) in [6.45, 7) is 2.39. The third-order valence-electron chi connectivity index (χ3n) is 4.92. The Labute approximate surface area is 153 Å². The maximum atomic E-state index is 13.2. The van der Waals surface area contributed by atoms with Gasteiger partial charge in [0.15, 0.2) is 0 Å². The summed E-state index contributed by atoms with van der Waals surface area (Å²) in [5.74, 6) is -0.617. The molecule has 2 aromatic carbocycles. The van der Waals surface area contributed by atoms with E-state index in [1.165, 1.54) is 19.1 Å². The summed E-state index contributed by atoms with van der Waals surface area (Å²) >= 11 is 0. The summed E-state index contributed by atoms with van der Waals surface area (Å²) < 4.78 is 13.2. The topological polar surface area (TPSA) is 49.4 Å². The maximum absolute atomic E-state index is 13.2. The van der Waals surface area contributed by atoms with Gasteiger partial charge < -0.3 is 10.2 Å². The predicted octanol–water partition coefficient (Wildman–Crippen LogP) is 3.44. The third kappa shape index (κ3) is 4.28. The van der Waals surface area contributed by atoms with Crippen LogP contribution in [0.15, 0.2) is 54.6 Å². The highest BCUT2D eigenvalue weighted by molar-refractivity contribution is 5.81. The first-order valence-electron chi connectivity index (χ1n) is 8.89. The van der Waals surface area contributed by atoms with Gasteiger partial charge in [0, 0.05) is 20.0 Å². The van der Waals surface area contributed by atoms with E-state index in [9.17, 15) is 14.0 Å². The van der Waals surface area contributed by atoms with Crippen LogP contribution in [0.3, 0.4) is 0 Å². The number of hydrogen-bond donors (Lipinski definition) is 1. The Bertz CT molecular complexity index is 761. The highest BCUT2D eigenvalue weighted by Gasteiger charge is 2.34. The van der Waals surface area contributed by atoms with Gasteiger partial charge in [-0.2, -0.15) is 0 Å². The average Bonchev–Trinajstić information content (AvgIpc) is 2.67. The number of halogens is 1. The number of nitrogens with zero attached hydrogens (tertiary/aromatic N) is 1. The molecule has 5 heteroatoms. The van der Waals surface area contributed by atoms with Crippen LogP contribution in [-0.4, -0.2) is 23.3 Å². The van der Waals surface area contributed by atoms with Gasteiger partial charge in [-0.25, -0.2) is 4.39 Å². The molecule has 0 saturated carbocycles. The molecule has 0 aliphatic carbocycles. The standard InChI is InChI=1S/C21H23FN2O2/c1-15(25)24-14-18(21(26)23-13-16-5-3-2-4-6-16)9-12-20(24)17-7-10-19(22)11-8-17/h2-8,10-11,18,20H,9,12-14H2,1H3,(H,23,26). The summed E-state index contributed by atoms with van der Waals surface area (Å²) in [6, 6.07) is 15.9. The molecule has 0 bridgehead atoms. The zero-order valence-corrected chi connectivity index (χ0v) is 14.8. The van der Waals surface area contributed by atoms with E-state index in [1.807, 2.05) is 30.3 Å². The normalized spacial score (nSPS) is 19.8. The lowest BCUT2D eigenvalue weighted by Crippen LogP contribution is -2.46. The number of piperidine rings is 1. The van der Waals surface area contributed by atoms with Gasteiger partial charge in [-0.1, -0.05) is 42.5 Å². The van der Waals surface area contributed by atoms with Crippen LogP contribution in [0.1, 0.15) is 36.9 Å². The van der Waals surface area contributed by atoms with Crippen molar-refractivity contribution in [3.63, 3.8) is 0 Å². The van der Waals surface area contributed by atoms with Crippen LogP contribution in [-0.2, 0) is 16.1 Å². The van der Waals surface area contributed by atoms with Gasteiger partial charge in [0.25, 0.3) is 0 Å². The molecule has 0 spiro atoms. The second-order valence-electron chi connectivity index (χ2n) is 6.72. The third-order valence-corrected chi connectivity index (χ3v) is 4.92. The molecule has 4 nitrogen and oxygen atoms in total. The number of carbonyl (C=O) groups is 2. The van der Waals surface area contributed by atoms with Crippen molar-refractivity contribution in [2.45, 2.75) is 32.4 Å². The van der Waals surface area contributed by atoms with Gasteiger partial charge >= 0.3 is 0 Å². The molecule has 0 radical (unpaired) electrons. The van der Waals surface area contributed by atoms with Crippen LogP contribution in [0, 0.1) is 11.7 Å². The van der Waals surface area contributed by atoms with Crippen molar-refractivity contribution in [1.82, 2.24) is 10.2 Å². The molecule has 1 heterocycles.